The van der Waals surface area contributed by atoms with Gasteiger partial charge < -0.3 is 5.11 Å². The van der Waals surface area contributed by atoms with Gasteiger partial charge in [-0.2, -0.15) is 15.0 Å². The van der Waals surface area contributed by atoms with E-state index in [4.69, 9.17) is 11.6 Å². The van der Waals surface area contributed by atoms with E-state index in [2.05, 4.69) is 10.2 Å². The summed E-state index contributed by atoms with van der Waals surface area (Å²) in [7, 11) is 0. The van der Waals surface area contributed by atoms with Crippen molar-refractivity contribution in [1.82, 2.24) is 15.0 Å². The Labute approximate surface area is 127 Å². The number of fused-ring (bicyclic) bond motifs is 1. The lowest BCUT2D eigenvalue weighted by Crippen LogP contribution is -2.28. The lowest BCUT2D eigenvalue weighted by atomic mass is 10.0. The Morgan fingerprint density at radius 1 is 1.00 bits per heavy atom. The van der Waals surface area contributed by atoms with Gasteiger partial charge in [0.1, 0.15) is 22.7 Å². The molecule has 1 aliphatic rings. The lowest BCUT2D eigenvalue weighted by Gasteiger charge is -2.21. The average Bonchev–Trinajstić information content (AvgIpc) is 3.20. The first kappa shape index (κ1) is 12.8. The van der Waals surface area contributed by atoms with E-state index in [0.29, 0.717) is 5.02 Å². The van der Waals surface area contributed by atoms with Crippen molar-refractivity contribution in [2.24, 2.45) is 0 Å². The van der Waals surface area contributed by atoms with Gasteiger partial charge in [-0.25, -0.2) is 0 Å². The van der Waals surface area contributed by atoms with Crippen LogP contribution < -0.4 is 0 Å². The molecular formula is C16H14ClN3O. The highest BCUT2D eigenvalue weighted by Gasteiger charge is 2.53. The molecule has 1 unspecified atom stereocenters. The predicted molar refractivity (Wildman–Crippen MR) is 81.1 cm³/mol. The van der Waals surface area contributed by atoms with Crippen LogP contribution in [0.4, 0.5) is 0 Å². The van der Waals surface area contributed by atoms with Gasteiger partial charge >= 0.3 is 0 Å². The molecule has 106 valence electrons. The highest BCUT2D eigenvalue weighted by atomic mass is 35.5. The standard InChI is InChI=1S/C16H14ClN3O/c17-12-7-5-11(6-8-12)15(21)16(9-10-16)20-18-13-3-1-2-4-14(13)19-20/h1-8,15,21H,9-10H2. The first-order valence-corrected chi connectivity index (χ1v) is 7.33. The molecule has 4 rings (SSSR count). The van der Waals surface area contributed by atoms with Gasteiger partial charge in [-0.15, -0.1) is 0 Å². The second-order valence-corrected chi connectivity index (χ2v) is 5.97. The van der Waals surface area contributed by atoms with Crippen LogP contribution in [-0.2, 0) is 5.54 Å². The summed E-state index contributed by atoms with van der Waals surface area (Å²) in [5.41, 5.74) is 2.13. The van der Waals surface area contributed by atoms with Crippen molar-refractivity contribution in [3.8, 4) is 0 Å². The molecule has 0 bridgehead atoms. The first-order valence-electron chi connectivity index (χ1n) is 6.95. The molecule has 0 spiro atoms. The molecule has 1 fully saturated rings. The topological polar surface area (TPSA) is 50.9 Å². The zero-order valence-electron chi connectivity index (χ0n) is 11.3. The van der Waals surface area contributed by atoms with Crippen molar-refractivity contribution in [3.05, 3.63) is 59.1 Å². The van der Waals surface area contributed by atoms with Crippen LogP contribution in [0.3, 0.4) is 0 Å². The molecule has 1 saturated carbocycles. The van der Waals surface area contributed by atoms with Gasteiger partial charge in [-0.3, -0.25) is 0 Å². The number of hydrogen-bond donors (Lipinski definition) is 1. The van der Waals surface area contributed by atoms with Crippen LogP contribution in [0.1, 0.15) is 24.5 Å². The second kappa shape index (κ2) is 4.55. The van der Waals surface area contributed by atoms with Crippen molar-refractivity contribution >= 4 is 22.6 Å². The molecular weight excluding hydrogens is 286 g/mol. The Kier molecular flexibility index (Phi) is 2.77. The fraction of sp³-hybridized carbons (Fsp3) is 0.250. The maximum atomic E-state index is 10.7. The smallest absolute Gasteiger partial charge is 0.113 e. The average molecular weight is 300 g/mol. The van der Waals surface area contributed by atoms with Crippen LogP contribution in [0, 0.1) is 0 Å². The SMILES string of the molecule is OC(c1ccc(Cl)cc1)C1(n2nc3ccccc3n2)CC1. The molecule has 2 aromatic carbocycles. The van der Waals surface area contributed by atoms with E-state index in [1.807, 2.05) is 36.4 Å². The minimum Gasteiger partial charge on any atom is -0.386 e. The Morgan fingerprint density at radius 3 is 2.10 bits per heavy atom. The summed E-state index contributed by atoms with van der Waals surface area (Å²) in [6.07, 6.45) is 1.12. The summed E-state index contributed by atoms with van der Waals surface area (Å²) in [6.45, 7) is 0. The van der Waals surface area contributed by atoms with Gasteiger partial charge in [0, 0.05) is 5.02 Å². The van der Waals surface area contributed by atoms with Crippen LogP contribution in [0.25, 0.3) is 11.0 Å². The van der Waals surface area contributed by atoms with E-state index in [1.54, 1.807) is 16.9 Å². The number of nitrogens with zero attached hydrogens (tertiary/aromatic N) is 3. The number of aromatic nitrogens is 3. The maximum Gasteiger partial charge on any atom is 0.113 e. The Morgan fingerprint density at radius 2 is 1.57 bits per heavy atom. The van der Waals surface area contributed by atoms with E-state index in [0.717, 1.165) is 29.4 Å². The fourth-order valence-corrected chi connectivity index (χ4v) is 2.85. The quantitative estimate of drug-likeness (QED) is 0.807. The van der Waals surface area contributed by atoms with Gasteiger partial charge in [0.2, 0.25) is 0 Å². The van der Waals surface area contributed by atoms with Crippen LogP contribution in [0.15, 0.2) is 48.5 Å². The van der Waals surface area contributed by atoms with Gasteiger partial charge in [0.15, 0.2) is 0 Å². The van der Waals surface area contributed by atoms with Crippen molar-refractivity contribution in [3.63, 3.8) is 0 Å². The number of rotatable bonds is 3. The highest BCUT2D eigenvalue weighted by molar-refractivity contribution is 6.30. The summed E-state index contributed by atoms with van der Waals surface area (Å²) in [4.78, 5) is 1.69. The van der Waals surface area contributed by atoms with Crippen molar-refractivity contribution in [2.75, 3.05) is 0 Å². The van der Waals surface area contributed by atoms with E-state index >= 15 is 0 Å². The summed E-state index contributed by atoms with van der Waals surface area (Å²) >= 11 is 5.91. The molecule has 0 amide bonds. The molecule has 1 aliphatic carbocycles. The number of hydrogen-bond acceptors (Lipinski definition) is 3. The third-order valence-corrected chi connectivity index (χ3v) is 4.39. The largest absolute Gasteiger partial charge is 0.386 e. The second-order valence-electron chi connectivity index (χ2n) is 5.54. The number of benzene rings is 2. The Balaban J connectivity index is 1.74. The van der Waals surface area contributed by atoms with Crippen LogP contribution in [-0.4, -0.2) is 20.1 Å². The zero-order chi connectivity index (χ0) is 14.4. The monoisotopic (exact) mass is 299 g/mol. The normalized spacial score (nSPS) is 17.8. The molecule has 1 aromatic heterocycles. The highest BCUT2D eigenvalue weighted by Crippen LogP contribution is 2.52. The van der Waals surface area contributed by atoms with Gasteiger partial charge in [0.05, 0.1) is 0 Å². The van der Waals surface area contributed by atoms with E-state index in [9.17, 15) is 5.11 Å². The van der Waals surface area contributed by atoms with Crippen LogP contribution >= 0.6 is 11.6 Å². The van der Waals surface area contributed by atoms with Gasteiger partial charge in [0.25, 0.3) is 0 Å². The summed E-state index contributed by atoms with van der Waals surface area (Å²) in [6, 6.07) is 15.1. The number of aliphatic hydroxyl groups excluding tert-OH is 1. The summed E-state index contributed by atoms with van der Waals surface area (Å²) < 4.78 is 0. The molecule has 5 heteroatoms. The molecule has 4 nitrogen and oxygen atoms in total. The van der Waals surface area contributed by atoms with E-state index < -0.39 is 11.6 Å². The first-order chi connectivity index (χ1) is 10.2. The predicted octanol–water partition coefficient (Wildman–Crippen LogP) is 3.31. The Bertz CT molecular complexity index is 760. The van der Waals surface area contributed by atoms with E-state index in [-0.39, 0.29) is 0 Å². The molecule has 3 aromatic rings. The van der Waals surface area contributed by atoms with E-state index in [1.165, 1.54) is 0 Å². The third kappa shape index (κ3) is 2.03. The van der Waals surface area contributed by atoms with Crippen molar-refractivity contribution in [1.29, 1.82) is 0 Å². The minimum atomic E-state index is -0.628. The molecule has 21 heavy (non-hydrogen) atoms. The fourth-order valence-electron chi connectivity index (χ4n) is 2.73. The zero-order valence-corrected chi connectivity index (χ0v) is 12.0. The Hall–Kier alpha value is -1.91. The van der Waals surface area contributed by atoms with Crippen LogP contribution in [0.5, 0.6) is 0 Å². The number of halogens is 1. The number of aliphatic hydroxyl groups is 1. The summed E-state index contributed by atoms with van der Waals surface area (Å²) in [5.74, 6) is 0. The third-order valence-electron chi connectivity index (χ3n) is 4.14. The lowest BCUT2D eigenvalue weighted by molar-refractivity contribution is 0.0821. The molecule has 1 heterocycles. The van der Waals surface area contributed by atoms with Crippen molar-refractivity contribution in [2.45, 2.75) is 24.5 Å². The molecule has 0 aliphatic heterocycles. The van der Waals surface area contributed by atoms with Gasteiger partial charge in [-0.1, -0.05) is 35.9 Å². The van der Waals surface area contributed by atoms with Gasteiger partial charge in [-0.05, 0) is 42.7 Å². The molecule has 0 radical (unpaired) electrons. The molecule has 1 atom stereocenters. The summed E-state index contributed by atoms with van der Waals surface area (Å²) in [5, 5.41) is 20.5. The maximum absolute atomic E-state index is 10.7. The molecule has 0 saturated heterocycles. The van der Waals surface area contributed by atoms with Crippen LogP contribution in [0.2, 0.25) is 5.02 Å². The minimum absolute atomic E-state index is 0.424. The molecule has 1 N–H and O–H groups in total. The van der Waals surface area contributed by atoms with Crippen molar-refractivity contribution < 1.29 is 5.11 Å².